The molecule has 0 aliphatic heterocycles. The van der Waals surface area contributed by atoms with Gasteiger partial charge in [0, 0.05) is 44.3 Å². The number of para-hydroxylation sites is 2. The van der Waals surface area contributed by atoms with Crippen LogP contribution in [0.3, 0.4) is 0 Å². The van der Waals surface area contributed by atoms with Crippen molar-refractivity contribution < 1.29 is 4.42 Å². The number of hydrogen-bond donors (Lipinski definition) is 0. The highest BCUT2D eigenvalue weighted by atomic mass is 16.3. The van der Waals surface area contributed by atoms with Crippen LogP contribution >= 0.6 is 0 Å². The van der Waals surface area contributed by atoms with Crippen molar-refractivity contribution in [2.45, 2.75) is 0 Å². The van der Waals surface area contributed by atoms with Gasteiger partial charge in [-0.05, 0) is 113 Å². The first-order valence-electron chi connectivity index (χ1n) is 17.7. The Kier molecular flexibility index (Phi) is 7.16. The van der Waals surface area contributed by atoms with Crippen LogP contribution in [0.1, 0.15) is 5.56 Å². The second-order valence-electron chi connectivity index (χ2n) is 13.3. The zero-order valence-corrected chi connectivity index (χ0v) is 28.6. The quantitative estimate of drug-likeness (QED) is 0.176. The van der Waals surface area contributed by atoms with Crippen molar-refractivity contribution in [1.29, 1.82) is 5.26 Å². The maximum Gasteiger partial charge on any atom is 0.135 e. The zero-order valence-electron chi connectivity index (χ0n) is 28.6. The van der Waals surface area contributed by atoms with Gasteiger partial charge in [0.25, 0.3) is 0 Å². The largest absolute Gasteiger partial charge is 0.456 e. The van der Waals surface area contributed by atoms with E-state index < -0.39 is 0 Å². The second kappa shape index (κ2) is 12.5. The van der Waals surface area contributed by atoms with Gasteiger partial charge in [0.05, 0.1) is 22.7 Å². The molecule has 0 amide bonds. The minimum atomic E-state index is 0.651. The van der Waals surface area contributed by atoms with Crippen LogP contribution in [0.15, 0.2) is 192 Å². The first-order chi connectivity index (χ1) is 26.2. The summed E-state index contributed by atoms with van der Waals surface area (Å²) in [5.41, 5.74) is 13.6. The van der Waals surface area contributed by atoms with E-state index in [1.54, 1.807) is 0 Å². The number of fused-ring (bicyclic) bond motifs is 6. The van der Waals surface area contributed by atoms with E-state index in [9.17, 15) is 5.26 Å². The van der Waals surface area contributed by atoms with Crippen LogP contribution in [-0.4, -0.2) is 4.57 Å². The molecule has 0 aliphatic carbocycles. The molecule has 53 heavy (non-hydrogen) atoms. The van der Waals surface area contributed by atoms with Gasteiger partial charge in [0.2, 0.25) is 0 Å². The lowest BCUT2D eigenvalue weighted by atomic mass is 10.0. The Morgan fingerprint density at radius 3 is 1.72 bits per heavy atom. The predicted molar refractivity (Wildman–Crippen MR) is 218 cm³/mol. The Morgan fingerprint density at radius 1 is 0.415 bits per heavy atom. The van der Waals surface area contributed by atoms with E-state index in [0.717, 1.165) is 66.8 Å². The molecule has 0 unspecified atom stereocenters. The Morgan fingerprint density at radius 2 is 0.981 bits per heavy atom. The minimum Gasteiger partial charge on any atom is -0.456 e. The SMILES string of the molecule is N#Cc1ccc(-n2c3ccccc3c3cc(-c4ccc(N(c5ccc(-c6ccccc6)cc5)c5ccc6oc7ccccc7c6c5)cc4)ccc32)cc1. The average Bonchev–Trinajstić information content (AvgIpc) is 3.77. The molecule has 2 heterocycles. The van der Waals surface area contributed by atoms with E-state index in [0.29, 0.717) is 5.56 Å². The van der Waals surface area contributed by atoms with Crippen molar-refractivity contribution in [1.82, 2.24) is 4.57 Å². The second-order valence-corrected chi connectivity index (χ2v) is 13.3. The molecule has 0 spiro atoms. The van der Waals surface area contributed by atoms with Crippen LogP contribution in [0.5, 0.6) is 0 Å². The number of nitrogens with zero attached hydrogens (tertiary/aromatic N) is 3. The fourth-order valence-corrected chi connectivity index (χ4v) is 7.65. The number of benzene rings is 8. The molecular formula is C49H31N3O. The van der Waals surface area contributed by atoms with Crippen LogP contribution in [0.25, 0.3) is 71.7 Å². The van der Waals surface area contributed by atoms with Gasteiger partial charge >= 0.3 is 0 Å². The summed E-state index contributed by atoms with van der Waals surface area (Å²) in [5.74, 6) is 0. The van der Waals surface area contributed by atoms with Gasteiger partial charge < -0.3 is 13.9 Å². The molecule has 0 fully saturated rings. The molecular weight excluding hydrogens is 647 g/mol. The van der Waals surface area contributed by atoms with E-state index >= 15 is 0 Å². The summed E-state index contributed by atoms with van der Waals surface area (Å²) in [5, 5.41) is 13.9. The summed E-state index contributed by atoms with van der Waals surface area (Å²) < 4.78 is 8.47. The first kappa shape index (κ1) is 30.5. The number of furan rings is 1. The summed E-state index contributed by atoms with van der Waals surface area (Å²) in [6.45, 7) is 0. The highest BCUT2D eigenvalue weighted by molar-refractivity contribution is 6.10. The summed E-state index contributed by atoms with van der Waals surface area (Å²) in [6.07, 6.45) is 0. The fourth-order valence-electron chi connectivity index (χ4n) is 7.65. The van der Waals surface area contributed by atoms with Gasteiger partial charge in [-0.3, -0.25) is 0 Å². The molecule has 10 rings (SSSR count). The van der Waals surface area contributed by atoms with E-state index in [2.05, 4.69) is 161 Å². The van der Waals surface area contributed by atoms with Crippen LogP contribution in [0.2, 0.25) is 0 Å². The molecule has 0 radical (unpaired) electrons. The van der Waals surface area contributed by atoms with Gasteiger partial charge in [-0.2, -0.15) is 5.26 Å². The molecule has 0 aliphatic rings. The molecule has 0 saturated carbocycles. The molecule has 0 atom stereocenters. The fraction of sp³-hybridized carbons (Fsp3) is 0. The summed E-state index contributed by atoms with van der Waals surface area (Å²) >= 11 is 0. The minimum absolute atomic E-state index is 0.651. The standard InChI is InChI=1S/C49H31N3O/c50-32-33-14-21-40(22-15-33)52-46-12-6-4-10-42(46)44-30-37(20-28-47(44)52)36-18-25-39(26-19-36)51(38-23-16-35(17-24-38)34-8-2-1-3-9-34)41-27-29-49-45(31-41)43-11-5-7-13-48(43)53-49/h1-31H. The third-order valence-corrected chi connectivity index (χ3v) is 10.2. The number of aromatic nitrogens is 1. The van der Waals surface area contributed by atoms with Gasteiger partial charge in [-0.15, -0.1) is 0 Å². The normalized spacial score (nSPS) is 11.4. The first-order valence-corrected chi connectivity index (χ1v) is 17.7. The maximum atomic E-state index is 9.36. The van der Waals surface area contributed by atoms with Crippen molar-refractivity contribution in [3.05, 3.63) is 194 Å². The molecule has 2 aromatic heterocycles. The molecule has 248 valence electrons. The van der Waals surface area contributed by atoms with Crippen molar-refractivity contribution in [3.63, 3.8) is 0 Å². The Balaban J connectivity index is 1.07. The smallest absolute Gasteiger partial charge is 0.135 e. The summed E-state index contributed by atoms with van der Waals surface area (Å²) in [4.78, 5) is 2.31. The van der Waals surface area contributed by atoms with Gasteiger partial charge in [0.1, 0.15) is 11.2 Å². The Hall–Kier alpha value is -7.35. The number of hydrogen-bond acceptors (Lipinski definition) is 3. The van der Waals surface area contributed by atoms with Gasteiger partial charge in [-0.1, -0.05) is 97.1 Å². The van der Waals surface area contributed by atoms with E-state index in [4.69, 9.17) is 4.42 Å². The summed E-state index contributed by atoms with van der Waals surface area (Å²) in [6, 6.07) is 68.1. The molecule has 8 aromatic carbocycles. The molecule has 0 bridgehead atoms. The van der Waals surface area contributed by atoms with E-state index in [-0.39, 0.29) is 0 Å². The number of nitriles is 1. The number of rotatable bonds is 6. The van der Waals surface area contributed by atoms with Crippen LogP contribution in [-0.2, 0) is 0 Å². The lowest BCUT2D eigenvalue weighted by molar-refractivity contribution is 0.669. The average molecular weight is 678 g/mol. The lowest BCUT2D eigenvalue weighted by Gasteiger charge is -2.26. The van der Waals surface area contributed by atoms with Crippen LogP contribution in [0.4, 0.5) is 17.1 Å². The van der Waals surface area contributed by atoms with Gasteiger partial charge in [0.15, 0.2) is 0 Å². The monoisotopic (exact) mass is 677 g/mol. The third kappa shape index (κ3) is 5.23. The number of anilines is 3. The zero-order chi connectivity index (χ0) is 35.3. The molecule has 10 aromatic rings. The lowest BCUT2D eigenvalue weighted by Crippen LogP contribution is -2.09. The highest BCUT2D eigenvalue weighted by Gasteiger charge is 2.17. The molecule has 4 heteroatoms. The van der Waals surface area contributed by atoms with E-state index in [1.807, 2.05) is 42.5 Å². The summed E-state index contributed by atoms with van der Waals surface area (Å²) in [7, 11) is 0. The van der Waals surface area contributed by atoms with Gasteiger partial charge in [-0.25, -0.2) is 0 Å². The van der Waals surface area contributed by atoms with Crippen molar-refractivity contribution in [3.8, 4) is 34.0 Å². The topological polar surface area (TPSA) is 45.1 Å². The van der Waals surface area contributed by atoms with Crippen LogP contribution in [0, 0.1) is 11.3 Å². The maximum absolute atomic E-state index is 9.36. The Labute approximate surface area is 306 Å². The molecule has 4 nitrogen and oxygen atoms in total. The van der Waals surface area contributed by atoms with Crippen molar-refractivity contribution >= 4 is 60.8 Å². The highest BCUT2D eigenvalue weighted by Crippen LogP contribution is 2.41. The predicted octanol–water partition coefficient (Wildman–Crippen LogP) is 13.4. The third-order valence-electron chi connectivity index (χ3n) is 10.2. The van der Waals surface area contributed by atoms with Crippen LogP contribution < -0.4 is 4.90 Å². The Bertz CT molecular complexity index is 2980. The van der Waals surface area contributed by atoms with Crippen molar-refractivity contribution in [2.75, 3.05) is 4.90 Å². The molecule has 0 saturated heterocycles. The molecule has 0 N–H and O–H groups in total. The van der Waals surface area contributed by atoms with E-state index in [1.165, 1.54) is 21.9 Å². The van der Waals surface area contributed by atoms with Crippen molar-refractivity contribution in [2.24, 2.45) is 0 Å².